The van der Waals surface area contributed by atoms with E-state index >= 15 is 0 Å². The fourth-order valence-electron chi connectivity index (χ4n) is 0.573. The topological polar surface area (TPSA) is 29.5 Å². The summed E-state index contributed by atoms with van der Waals surface area (Å²) in [5, 5.41) is 0. The van der Waals surface area contributed by atoms with Crippen LogP contribution >= 0.6 is 0 Å². The number of carbonyl (C=O) groups is 1. The summed E-state index contributed by atoms with van der Waals surface area (Å²) >= 11 is 0. The normalized spacial score (nSPS) is 10.1. The molecule has 0 saturated carbocycles. The Morgan fingerprint density at radius 3 is 1.79 bits per heavy atom. The van der Waals surface area contributed by atoms with E-state index in [0.717, 1.165) is 25.9 Å². The summed E-state index contributed by atoms with van der Waals surface area (Å²) in [6.07, 6.45) is 1.94. The van der Waals surface area contributed by atoms with E-state index in [9.17, 15) is 4.79 Å². The van der Waals surface area contributed by atoms with Gasteiger partial charge < -0.3 is 9.64 Å². The lowest BCUT2D eigenvalue weighted by Crippen LogP contribution is -2.21. The van der Waals surface area contributed by atoms with Gasteiger partial charge in [0.25, 0.3) is 0 Å². The Morgan fingerprint density at radius 2 is 1.71 bits per heavy atom. The molecule has 0 unspecified atom stereocenters. The molecule has 86 valence electrons. The Hall–Kier alpha value is -0.570. The van der Waals surface area contributed by atoms with E-state index in [0.29, 0.717) is 0 Å². The maximum Gasteiger partial charge on any atom is 0.209 e. The predicted molar refractivity (Wildman–Crippen MR) is 60.4 cm³/mol. The lowest BCUT2D eigenvalue weighted by Gasteiger charge is -2.14. The van der Waals surface area contributed by atoms with Crippen LogP contribution < -0.4 is 0 Å². The van der Waals surface area contributed by atoms with E-state index in [1.807, 2.05) is 27.7 Å². The van der Waals surface area contributed by atoms with Crippen LogP contribution in [-0.2, 0) is 9.53 Å². The van der Waals surface area contributed by atoms with Crippen LogP contribution in [0.4, 0.5) is 0 Å². The second-order valence-corrected chi connectivity index (χ2v) is 4.05. The van der Waals surface area contributed by atoms with Gasteiger partial charge in [0.05, 0.1) is 5.60 Å². The van der Waals surface area contributed by atoms with Gasteiger partial charge in [-0.3, -0.25) is 4.79 Å². The number of ether oxygens (including phenoxy) is 1. The van der Waals surface area contributed by atoms with Crippen molar-refractivity contribution in [2.24, 2.45) is 0 Å². The van der Waals surface area contributed by atoms with E-state index in [-0.39, 0.29) is 5.60 Å². The molecule has 3 nitrogen and oxygen atoms in total. The Balaban J connectivity index is 0. The second kappa shape index (κ2) is 9.00. The third-order valence-electron chi connectivity index (χ3n) is 1.68. The van der Waals surface area contributed by atoms with Crippen molar-refractivity contribution >= 4 is 6.41 Å². The zero-order chi connectivity index (χ0) is 11.6. The van der Waals surface area contributed by atoms with Crippen LogP contribution in [0.2, 0.25) is 0 Å². The Kier molecular flexibility index (Phi) is 10.2. The van der Waals surface area contributed by atoms with Crippen LogP contribution in [0.25, 0.3) is 0 Å². The molecule has 0 aliphatic carbocycles. The number of hydrogen-bond acceptors (Lipinski definition) is 2. The van der Waals surface area contributed by atoms with E-state index < -0.39 is 0 Å². The monoisotopic (exact) mass is 203 g/mol. The summed E-state index contributed by atoms with van der Waals surface area (Å²) < 4.78 is 4.94. The zero-order valence-electron chi connectivity index (χ0n) is 10.5. The van der Waals surface area contributed by atoms with Crippen molar-refractivity contribution in [2.75, 3.05) is 20.2 Å². The van der Waals surface area contributed by atoms with Gasteiger partial charge in [-0.05, 0) is 34.1 Å². The van der Waals surface area contributed by atoms with Crippen LogP contribution in [0.3, 0.4) is 0 Å². The highest BCUT2D eigenvalue weighted by molar-refractivity contribution is 5.46. The number of methoxy groups -OCH3 is 1. The molecule has 14 heavy (non-hydrogen) atoms. The molecule has 0 aromatic heterocycles. The first kappa shape index (κ1) is 15.9. The number of hydrogen-bond donors (Lipinski definition) is 0. The zero-order valence-corrected chi connectivity index (χ0v) is 10.5. The van der Waals surface area contributed by atoms with Gasteiger partial charge >= 0.3 is 0 Å². The van der Waals surface area contributed by atoms with Crippen LogP contribution in [0.1, 0.15) is 41.0 Å². The van der Waals surface area contributed by atoms with Crippen molar-refractivity contribution in [3.63, 3.8) is 0 Å². The number of rotatable bonds is 4. The Labute approximate surface area is 88.4 Å². The first-order valence-corrected chi connectivity index (χ1v) is 5.15. The van der Waals surface area contributed by atoms with Gasteiger partial charge in [-0.15, -0.1) is 0 Å². The maximum atomic E-state index is 10.1. The lowest BCUT2D eigenvalue weighted by atomic mass is 10.2. The summed E-state index contributed by atoms with van der Waals surface area (Å²) in [6.45, 7) is 11.8. The van der Waals surface area contributed by atoms with E-state index in [4.69, 9.17) is 4.74 Å². The van der Waals surface area contributed by atoms with E-state index in [1.165, 1.54) is 0 Å². The van der Waals surface area contributed by atoms with Crippen molar-refractivity contribution in [1.82, 2.24) is 4.90 Å². The van der Waals surface area contributed by atoms with E-state index in [1.54, 1.807) is 12.0 Å². The molecule has 0 heterocycles. The first-order valence-electron chi connectivity index (χ1n) is 5.15. The fourth-order valence-corrected chi connectivity index (χ4v) is 0.573. The smallest absolute Gasteiger partial charge is 0.209 e. The van der Waals surface area contributed by atoms with Gasteiger partial charge in [-0.25, -0.2) is 0 Å². The van der Waals surface area contributed by atoms with Crippen molar-refractivity contribution in [3.05, 3.63) is 0 Å². The SMILES string of the molecule is CCCN(C=O)CC.COC(C)(C)C. The summed E-state index contributed by atoms with van der Waals surface area (Å²) in [4.78, 5) is 11.8. The fraction of sp³-hybridized carbons (Fsp3) is 0.909. The number of carbonyl (C=O) groups excluding carboxylic acids is 1. The molecule has 0 aromatic rings. The molecular weight excluding hydrogens is 178 g/mol. The van der Waals surface area contributed by atoms with Crippen molar-refractivity contribution in [2.45, 2.75) is 46.6 Å². The second-order valence-electron chi connectivity index (χ2n) is 4.05. The summed E-state index contributed by atoms with van der Waals surface area (Å²) in [5.74, 6) is 0. The van der Waals surface area contributed by atoms with Gasteiger partial charge in [-0.1, -0.05) is 6.92 Å². The highest BCUT2D eigenvalue weighted by Gasteiger charge is 2.04. The van der Waals surface area contributed by atoms with Crippen LogP contribution in [0.5, 0.6) is 0 Å². The standard InChI is InChI=1S/C6H13NO.C5H12O/c1-3-5-7(4-2)6-8;1-5(2,3)6-4/h6H,3-5H2,1-2H3;1-4H3. The van der Waals surface area contributed by atoms with Gasteiger partial charge in [0, 0.05) is 20.2 Å². The van der Waals surface area contributed by atoms with Gasteiger partial charge in [-0.2, -0.15) is 0 Å². The van der Waals surface area contributed by atoms with Gasteiger partial charge in [0.15, 0.2) is 0 Å². The molecule has 0 aliphatic rings. The average molecular weight is 203 g/mol. The molecule has 0 bridgehead atoms. The highest BCUT2D eigenvalue weighted by Crippen LogP contribution is 2.02. The van der Waals surface area contributed by atoms with E-state index in [2.05, 4.69) is 6.92 Å². The lowest BCUT2D eigenvalue weighted by molar-refractivity contribution is -0.118. The predicted octanol–water partition coefficient (Wildman–Crippen LogP) is 2.31. The molecule has 0 N–H and O–H groups in total. The number of amides is 1. The Morgan fingerprint density at radius 1 is 1.29 bits per heavy atom. The van der Waals surface area contributed by atoms with Crippen molar-refractivity contribution < 1.29 is 9.53 Å². The summed E-state index contributed by atoms with van der Waals surface area (Å²) in [5.41, 5.74) is 0.0417. The minimum absolute atomic E-state index is 0.0417. The quantitative estimate of drug-likeness (QED) is 0.656. The molecule has 0 aliphatic heterocycles. The summed E-state index contributed by atoms with van der Waals surface area (Å²) in [7, 11) is 1.71. The molecule has 0 fully saturated rings. The first-order chi connectivity index (χ1) is 6.41. The number of nitrogens with zero attached hydrogens (tertiary/aromatic N) is 1. The van der Waals surface area contributed by atoms with Gasteiger partial charge in [0.2, 0.25) is 6.41 Å². The highest BCUT2D eigenvalue weighted by atomic mass is 16.5. The average Bonchev–Trinajstić information content (AvgIpc) is 2.14. The third kappa shape index (κ3) is 14.0. The van der Waals surface area contributed by atoms with Crippen molar-refractivity contribution in [3.8, 4) is 0 Å². The van der Waals surface area contributed by atoms with Crippen LogP contribution in [0.15, 0.2) is 0 Å². The molecule has 0 aromatic carbocycles. The Bertz CT molecular complexity index is 130. The largest absolute Gasteiger partial charge is 0.379 e. The molecule has 0 atom stereocenters. The molecule has 0 spiro atoms. The summed E-state index contributed by atoms with van der Waals surface area (Å²) in [6, 6.07) is 0. The minimum atomic E-state index is 0.0417. The molecule has 0 radical (unpaired) electrons. The van der Waals surface area contributed by atoms with Crippen LogP contribution in [0, 0.1) is 0 Å². The molecular formula is C11H25NO2. The molecule has 3 heteroatoms. The molecule has 0 rings (SSSR count). The maximum absolute atomic E-state index is 10.1. The van der Waals surface area contributed by atoms with Gasteiger partial charge in [0.1, 0.15) is 0 Å². The molecule has 0 saturated heterocycles. The van der Waals surface area contributed by atoms with Crippen molar-refractivity contribution in [1.29, 1.82) is 0 Å². The third-order valence-corrected chi connectivity index (χ3v) is 1.68. The van der Waals surface area contributed by atoms with Crippen LogP contribution in [-0.4, -0.2) is 37.1 Å². The molecule has 1 amide bonds. The minimum Gasteiger partial charge on any atom is -0.379 e.